The van der Waals surface area contributed by atoms with Gasteiger partial charge in [0.1, 0.15) is 4.60 Å². The average molecular weight is 274 g/mol. The lowest BCUT2D eigenvalue weighted by Crippen LogP contribution is -1.93. The summed E-state index contributed by atoms with van der Waals surface area (Å²) < 4.78 is 5.01. The second-order valence-corrected chi connectivity index (χ2v) is 4.02. The number of nitrogens with one attached hydrogen (secondary N) is 1. The van der Waals surface area contributed by atoms with Crippen molar-refractivity contribution >= 4 is 28.1 Å². The first-order valence-corrected chi connectivity index (χ1v) is 5.10. The van der Waals surface area contributed by atoms with Crippen LogP contribution in [0.3, 0.4) is 0 Å². The Hall–Kier alpha value is -0.950. The van der Waals surface area contributed by atoms with Crippen LogP contribution < -0.4 is 0 Å². The average Bonchev–Trinajstić information content (AvgIpc) is 2.63. The molecular formula is C7H8BrN5S. The van der Waals surface area contributed by atoms with Gasteiger partial charge in [-0.1, -0.05) is 0 Å². The highest BCUT2D eigenvalue weighted by atomic mass is 79.9. The van der Waals surface area contributed by atoms with Crippen LogP contribution in [0.4, 0.5) is 0 Å². The molecule has 0 spiro atoms. The van der Waals surface area contributed by atoms with Crippen molar-refractivity contribution in [1.29, 1.82) is 0 Å². The van der Waals surface area contributed by atoms with Gasteiger partial charge in [0.15, 0.2) is 10.6 Å². The van der Waals surface area contributed by atoms with Gasteiger partial charge in [-0.3, -0.25) is 9.78 Å². The summed E-state index contributed by atoms with van der Waals surface area (Å²) in [7, 11) is 3.72. The second kappa shape index (κ2) is 3.32. The van der Waals surface area contributed by atoms with Crippen LogP contribution in [0.1, 0.15) is 0 Å². The molecule has 0 amide bonds. The summed E-state index contributed by atoms with van der Waals surface area (Å²) in [6.07, 6.45) is 1.75. The maximum atomic E-state index is 5.03. The van der Waals surface area contributed by atoms with Crippen LogP contribution in [0.15, 0.2) is 10.8 Å². The molecule has 0 unspecified atom stereocenters. The van der Waals surface area contributed by atoms with Gasteiger partial charge in [0.2, 0.25) is 0 Å². The highest BCUT2D eigenvalue weighted by molar-refractivity contribution is 9.10. The number of hydrogen-bond donors (Lipinski definition) is 1. The van der Waals surface area contributed by atoms with Crippen molar-refractivity contribution in [3.63, 3.8) is 0 Å². The van der Waals surface area contributed by atoms with Crippen molar-refractivity contribution in [3.8, 4) is 11.4 Å². The Kier molecular flexibility index (Phi) is 2.28. The summed E-state index contributed by atoms with van der Waals surface area (Å²) in [4.78, 5) is 0. The van der Waals surface area contributed by atoms with Gasteiger partial charge in [0, 0.05) is 14.1 Å². The summed E-state index contributed by atoms with van der Waals surface area (Å²) in [5, 5.41) is 11.0. The molecule has 2 aromatic heterocycles. The first-order chi connectivity index (χ1) is 6.61. The Labute approximate surface area is 93.9 Å². The van der Waals surface area contributed by atoms with E-state index >= 15 is 0 Å². The standard InChI is InChI=1S/C7H8BrN5S/c1-12-6(10-11-7(12)14)4-3-9-13(2)5(4)8/h3H,1-2H3,(H,11,14). The minimum Gasteiger partial charge on any atom is -0.303 e. The molecule has 2 aromatic rings. The molecule has 14 heavy (non-hydrogen) atoms. The zero-order chi connectivity index (χ0) is 10.3. The summed E-state index contributed by atoms with van der Waals surface area (Å²) in [6.45, 7) is 0. The fourth-order valence-electron chi connectivity index (χ4n) is 1.16. The molecule has 74 valence electrons. The monoisotopic (exact) mass is 273 g/mol. The molecule has 0 aliphatic rings. The SMILES string of the molecule is Cn1ncc(-c2n[nH]c(=S)n2C)c1Br. The van der Waals surface area contributed by atoms with Crippen LogP contribution in [0.5, 0.6) is 0 Å². The van der Waals surface area contributed by atoms with E-state index in [-0.39, 0.29) is 0 Å². The second-order valence-electron chi connectivity index (χ2n) is 2.88. The Bertz CT molecular complexity index is 522. The van der Waals surface area contributed by atoms with Gasteiger partial charge in [0.25, 0.3) is 0 Å². The van der Waals surface area contributed by atoms with Gasteiger partial charge in [-0.15, -0.1) is 0 Å². The summed E-state index contributed by atoms with van der Waals surface area (Å²) in [5.41, 5.74) is 0.919. The summed E-state index contributed by atoms with van der Waals surface area (Å²) in [6, 6.07) is 0. The molecule has 0 aliphatic heterocycles. The molecule has 0 radical (unpaired) electrons. The summed E-state index contributed by atoms with van der Waals surface area (Å²) in [5.74, 6) is 0.773. The lowest BCUT2D eigenvalue weighted by Gasteiger charge is -1.97. The van der Waals surface area contributed by atoms with E-state index in [1.165, 1.54) is 0 Å². The molecular weight excluding hydrogens is 266 g/mol. The first kappa shape index (κ1) is 9.60. The zero-order valence-electron chi connectivity index (χ0n) is 7.65. The van der Waals surface area contributed by atoms with Gasteiger partial charge < -0.3 is 4.57 Å². The van der Waals surface area contributed by atoms with Crippen LogP contribution in [0.25, 0.3) is 11.4 Å². The molecule has 2 heterocycles. The number of H-pyrrole nitrogens is 1. The van der Waals surface area contributed by atoms with E-state index < -0.39 is 0 Å². The topological polar surface area (TPSA) is 51.4 Å². The number of halogens is 1. The van der Waals surface area contributed by atoms with Gasteiger partial charge in [0.05, 0.1) is 11.8 Å². The van der Waals surface area contributed by atoms with E-state index in [2.05, 4.69) is 31.2 Å². The van der Waals surface area contributed by atoms with Crippen molar-refractivity contribution in [1.82, 2.24) is 24.5 Å². The highest BCUT2D eigenvalue weighted by Crippen LogP contribution is 2.25. The fourth-order valence-corrected chi connectivity index (χ4v) is 1.66. The van der Waals surface area contributed by atoms with Crippen LogP contribution in [-0.2, 0) is 14.1 Å². The minimum atomic E-state index is 0.593. The molecule has 0 aliphatic carbocycles. The molecule has 7 heteroatoms. The van der Waals surface area contributed by atoms with E-state index in [1.54, 1.807) is 15.4 Å². The largest absolute Gasteiger partial charge is 0.303 e. The zero-order valence-corrected chi connectivity index (χ0v) is 10.1. The lowest BCUT2D eigenvalue weighted by atomic mass is 10.3. The Morgan fingerprint density at radius 1 is 1.50 bits per heavy atom. The van der Waals surface area contributed by atoms with Crippen LogP contribution in [0, 0.1) is 4.77 Å². The lowest BCUT2D eigenvalue weighted by molar-refractivity contribution is 0.749. The quantitative estimate of drug-likeness (QED) is 0.804. The van der Waals surface area contributed by atoms with Gasteiger partial charge in [-0.25, -0.2) is 0 Å². The Morgan fingerprint density at radius 2 is 2.21 bits per heavy atom. The van der Waals surface area contributed by atoms with E-state index in [9.17, 15) is 0 Å². The van der Waals surface area contributed by atoms with Crippen LogP contribution in [-0.4, -0.2) is 24.5 Å². The number of aromatic amines is 1. The van der Waals surface area contributed by atoms with Crippen molar-refractivity contribution in [2.75, 3.05) is 0 Å². The van der Waals surface area contributed by atoms with Crippen LogP contribution in [0.2, 0.25) is 0 Å². The number of hydrogen-bond acceptors (Lipinski definition) is 3. The van der Waals surface area contributed by atoms with Gasteiger partial charge in [-0.2, -0.15) is 10.2 Å². The first-order valence-electron chi connectivity index (χ1n) is 3.90. The van der Waals surface area contributed by atoms with Crippen molar-refractivity contribution in [2.24, 2.45) is 14.1 Å². The van der Waals surface area contributed by atoms with Crippen LogP contribution >= 0.6 is 28.1 Å². The normalized spacial score (nSPS) is 10.8. The van der Waals surface area contributed by atoms with Crippen molar-refractivity contribution < 1.29 is 0 Å². The third kappa shape index (κ3) is 1.32. The number of aromatic nitrogens is 5. The highest BCUT2D eigenvalue weighted by Gasteiger charge is 2.12. The molecule has 0 saturated carbocycles. The van der Waals surface area contributed by atoms with E-state index in [0.717, 1.165) is 16.0 Å². The minimum absolute atomic E-state index is 0.593. The maximum absolute atomic E-state index is 5.03. The molecule has 5 nitrogen and oxygen atoms in total. The molecule has 0 atom stereocenters. The smallest absolute Gasteiger partial charge is 0.195 e. The maximum Gasteiger partial charge on any atom is 0.195 e. The molecule has 0 saturated heterocycles. The van der Waals surface area contributed by atoms with E-state index in [4.69, 9.17) is 12.2 Å². The van der Waals surface area contributed by atoms with Crippen molar-refractivity contribution in [3.05, 3.63) is 15.6 Å². The van der Waals surface area contributed by atoms with Gasteiger partial charge >= 0.3 is 0 Å². The van der Waals surface area contributed by atoms with E-state index in [1.807, 2.05) is 14.1 Å². The molecule has 2 rings (SSSR count). The molecule has 1 N–H and O–H groups in total. The van der Waals surface area contributed by atoms with E-state index in [0.29, 0.717) is 4.77 Å². The number of aryl methyl sites for hydroxylation is 1. The molecule has 0 bridgehead atoms. The third-order valence-corrected chi connectivity index (χ3v) is 3.29. The predicted molar refractivity (Wildman–Crippen MR) is 58.3 cm³/mol. The Balaban J connectivity index is 2.66. The number of nitrogens with zero attached hydrogens (tertiary/aromatic N) is 4. The fraction of sp³-hybridized carbons (Fsp3) is 0.286. The summed E-state index contributed by atoms with van der Waals surface area (Å²) >= 11 is 8.46. The molecule has 0 aromatic carbocycles. The predicted octanol–water partition coefficient (Wildman–Crippen LogP) is 1.64. The van der Waals surface area contributed by atoms with Crippen molar-refractivity contribution in [2.45, 2.75) is 0 Å². The number of rotatable bonds is 1. The molecule has 0 fully saturated rings. The van der Waals surface area contributed by atoms with Gasteiger partial charge in [-0.05, 0) is 28.1 Å². The third-order valence-electron chi connectivity index (χ3n) is 1.99. The Morgan fingerprint density at radius 3 is 2.64 bits per heavy atom.